The Morgan fingerprint density at radius 3 is 2.50 bits per heavy atom. The molecule has 5 heteroatoms. The molecule has 18 heavy (non-hydrogen) atoms. The van der Waals surface area contributed by atoms with Crippen molar-refractivity contribution < 1.29 is 14.3 Å². The second-order valence-electron chi connectivity index (χ2n) is 3.85. The summed E-state index contributed by atoms with van der Waals surface area (Å²) in [4.78, 5) is 26.2. The smallest absolute Gasteiger partial charge is 0.363 e. The molecule has 1 N–H and O–H groups in total. The minimum Gasteiger partial charge on any atom is -0.407 e. The van der Waals surface area contributed by atoms with Crippen molar-refractivity contribution in [3.05, 3.63) is 35.5 Å². The van der Waals surface area contributed by atoms with Crippen molar-refractivity contribution in [1.29, 1.82) is 0 Å². The first kappa shape index (κ1) is 12.0. The van der Waals surface area contributed by atoms with Crippen LogP contribution in [0.3, 0.4) is 0 Å². The maximum absolute atomic E-state index is 11.3. The Labute approximate surface area is 104 Å². The van der Waals surface area contributed by atoms with Gasteiger partial charge in [-0.3, -0.25) is 4.79 Å². The van der Waals surface area contributed by atoms with Crippen LogP contribution < -0.4 is 5.32 Å². The Morgan fingerprint density at radius 2 is 2.00 bits per heavy atom. The Bertz CT molecular complexity index is 556. The van der Waals surface area contributed by atoms with Gasteiger partial charge in [-0.05, 0) is 23.8 Å². The van der Waals surface area contributed by atoms with E-state index in [1.165, 1.54) is 6.92 Å². The molecule has 0 bridgehead atoms. The second kappa shape index (κ2) is 4.83. The van der Waals surface area contributed by atoms with E-state index in [-0.39, 0.29) is 11.6 Å². The van der Waals surface area contributed by atoms with Gasteiger partial charge in [-0.1, -0.05) is 12.1 Å². The monoisotopic (exact) mass is 244 g/mol. The van der Waals surface area contributed by atoms with E-state index < -0.39 is 5.97 Å². The van der Waals surface area contributed by atoms with Crippen molar-refractivity contribution in [2.75, 3.05) is 5.32 Å². The number of esters is 1. The molecule has 0 saturated carbocycles. The normalized spacial score (nSPS) is 16.4. The molecule has 1 aromatic rings. The van der Waals surface area contributed by atoms with Gasteiger partial charge in [-0.15, -0.1) is 0 Å². The molecule has 0 spiro atoms. The summed E-state index contributed by atoms with van der Waals surface area (Å²) in [7, 11) is 0. The molecule has 0 radical (unpaired) electrons. The summed E-state index contributed by atoms with van der Waals surface area (Å²) in [5, 5.41) is 2.66. The van der Waals surface area contributed by atoms with Crippen molar-refractivity contribution in [3.63, 3.8) is 0 Å². The van der Waals surface area contributed by atoms with Gasteiger partial charge in [-0.2, -0.15) is 0 Å². The van der Waals surface area contributed by atoms with Gasteiger partial charge in [-0.25, -0.2) is 9.79 Å². The van der Waals surface area contributed by atoms with E-state index >= 15 is 0 Å². The zero-order valence-corrected chi connectivity index (χ0v) is 10.1. The summed E-state index contributed by atoms with van der Waals surface area (Å²) < 4.78 is 4.81. The summed E-state index contributed by atoms with van der Waals surface area (Å²) in [5.41, 5.74) is 1.80. The molecule has 1 aliphatic heterocycles. The van der Waals surface area contributed by atoms with Crippen molar-refractivity contribution in [1.82, 2.24) is 0 Å². The van der Waals surface area contributed by atoms with E-state index in [1.807, 2.05) is 0 Å². The molecular formula is C13H12N2O3. The fourth-order valence-electron chi connectivity index (χ4n) is 1.54. The molecule has 0 aliphatic carbocycles. The van der Waals surface area contributed by atoms with Gasteiger partial charge in [0.05, 0.1) is 0 Å². The van der Waals surface area contributed by atoms with E-state index in [0.717, 1.165) is 5.56 Å². The lowest BCUT2D eigenvalue weighted by Crippen LogP contribution is -2.05. The summed E-state index contributed by atoms with van der Waals surface area (Å²) in [6.45, 7) is 3.07. The molecule has 0 aromatic heterocycles. The van der Waals surface area contributed by atoms with E-state index in [2.05, 4.69) is 10.3 Å². The number of benzene rings is 1. The first-order valence-corrected chi connectivity index (χ1v) is 5.41. The third-order valence-corrected chi connectivity index (χ3v) is 2.26. The van der Waals surface area contributed by atoms with E-state index in [4.69, 9.17) is 4.74 Å². The summed E-state index contributed by atoms with van der Waals surface area (Å²) >= 11 is 0. The maximum atomic E-state index is 11.3. The number of amides is 1. The van der Waals surface area contributed by atoms with Gasteiger partial charge in [0.1, 0.15) is 0 Å². The van der Waals surface area contributed by atoms with Crippen LogP contribution in [0.2, 0.25) is 0 Å². The van der Waals surface area contributed by atoms with Crippen LogP contribution in [0.4, 0.5) is 5.69 Å². The fourth-order valence-corrected chi connectivity index (χ4v) is 1.54. The van der Waals surface area contributed by atoms with Gasteiger partial charge >= 0.3 is 5.97 Å². The minimum atomic E-state index is -0.446. The number of anilines is 1. The molecule has 0 atom stereocenters. The van der Waals surface area contributed by atoms with Crippen molar-refractivity contribution >= 4 is 29.5 Å². The van der Waals surface area contributed by atoms with Gasteiger partial charge in [0.25, 0.3) is 0 Å². The van der Waals surface area contributed by atoms with E-state index in [1.54, 1.807) is 37.3 Å². The lowest BCUT2D eigenvalue weighted by molar-refractivity contribution is -0.130. The number of nitrogens with one attached hydrogen (secondary N) is 1. The number of carbonyl (C=O) groups is 2. The van der Waals surface area contributed by atoms with Crippen molar-refractivity contribution in [2.24, 2.45) is 4.99 Å². The molecule has 1 amide bonds. The molecule has 0 fully saturated rings. The molecule has 1 heterocycles. The van der Waals surface area contributed by atoms with Gasteiger partial charge in [0.15, 0.2) is 11.6 Å². The van der Waals surface area contributed by atoms with Crippen LogP contribution in [0.15, 0.2) is 35.0 Å². The number of carbonyl (C=O) groups excluding carboxylic acids is 2. The Hall–Kier alpha value is -2.43. The van der Waals surface area contributed by atoms with Crippen molar-refractivity contribution in [3.8, 4) is 0 Å². The summed E-state index contributed by atoms with van der Waals surface area (Å²) in [6.07, 6.45) is 1.64. The number of hydrogen-bond acceptors (Lipinski definition) is 4. The molecule has 92 valence electrons. The van der Waals surface area contributed by atoms with Crippen LogP contribution in [0.1, 0.15) is 19.4 Å². The fraction of sp³-hybridized carbons (Fsp3) is 0.154. The van der Waals surface area contributed by atoms with E-state index in [0.29, 0.717) is 11.6 Å². The summed E-state index contributed by atoms with van der Waals surface area (Å²) in [5.74, 6) is -0.222. The molecule has 2 rings (SSSR count). The standard InChI is InChI=1S/C13H12N2O3/c1-8(16)14-11-5-3-10(4-6-11)7-12-13(17)18-9(2)15-12/h3-7H,1-2H3,(H,14,16)/b12-7-. The lowest BCUT2D eigenvalue weighted by Gasteiger charge is -2.01. The van der Waals surface area contributed by atoms with Gasteiger partial charge < -0.3 is 10.1 Å². The number of rotatable bonds is 2. The highest BCUT2D eigenvalue weighted by Crippen LogP contribution is 2.17. The van der Waals surface area contributed by atoms with Crippen molar-refractivity contribution in [2.45, 2.75) is 13.8 Å². The molecule has 1 aliphatic rings. The topological polar surface area (TPSA) is 67.8 Å². The molecule has 0 saturated heterocycles. The highest BCUT2D eigenvalue weighted by Gasteiger charge is 2.19. The van der Waals surface area contributed by atoms with Crippen LogP contribution >= 0.6 is 0 Å². The largest absolute Gasteiger partial charge is 0.407 e. The quantitative estimate of drug-likeness (QED) is 0.638. The average molecular weight is 244 g/mol. The number of hydrogen-bond donors (Lipinski definition) is 1. The third-order valence-electron chi connectivity index (χ3n) is 2.26. The minimum absolute atomic E-state index is 0.124. The third kappa shape index (κ3) is 2.82. The summed E-state index contributed by atoms with van der Waals surface area (Å²) in [6, 6.07) is 7.08. The van der Waals surface area contributed by atoms with Gasteiger partial charge in [0, 0.05) is 19.5 Å². The van der Waals surface area contributed by atoms with Crippen LogP contribution in [0, 0.1) is 0 Å². The van der Waals surface area contributed by atoms with Crippen LogP contribution in [0.5, 0.6) is 0 Å². The first-order chi connectivity index (χ1) is 8.54. The van der Waals surface area contributed by atoms with Gasteiger partial charge in [0.2, 0.25) is 5.91 Å². The second-order valence-corrected chi connectivity index (χ2v) is 3.85. The SMILES string of the molecule is CC(=O)Nc1ccc(/C=C2\N=C(C)OC2=O)cc1. The number of aliphatic imine (C=N–C) groups is 1. The first-order valence-electron chi connectivity index (χ1n) is 5.41. The zero-order valence-electron chi connectivity index (χ0n) is 10.1. The highest BCUT2D eigenvalue weighted by atomic mass is 16.6. The predicted octanol–water partition coefficient (Wildman–Crippen LogP) is 1.96. The number of cyclic esters (lactones) is 1. The number of ether oxygens (including phenoxy) is 1. The van der Waals surface area contributed by atoms with Crippen LogP contribution in [-0.2, 0) is 14.3 Å². The predicted molar refractivity (Wildman–Crippen MR) is 67.9 cm³/mol. The molecule has 0 unspecified atom stereocenters. The van der Waals surface area contributed by atoms with Crippen LogP contribution in [0.25, 0.3) is 6.08 Å². The zero-order chi connectivity index (χ0) is 13.1. The van der Waals surface area contributed by atoms with E-state index in [9.17, 15) is 9.59 Å². The highest BCUT2D eigenvalue weighted by molar-refractivity contribution is 6.06. The lowest BCUT2D eigenvalue weighted by atomic mass is 10.2. The average Bonchev–Trinajstić information content (AvgIpc) is 2.59. The Morgan fingerprint density at radius 1 is 1.33 bits per heavy atom. The molecule has 1 aromatic carbocycles. The molecule has 5 nitrogen and oxygen atoms in total. The van der Waals surface area contributed by atoms with Crippen LogP contribution in [-0.4, -0.2) is 17.8 Å². The maximum Gasteiger partial charge on any atom is 0.363 e. The Balaban J connectivity index is 2.18. The number of nitrogens with zero attached hydrogens (tertiary/aromatic N) is 1. The molecular weight excluding hydrogens is 232 g/mol. The Kier molecular flexibility index (Phi) is 3.23.